The number of nitrogens with zero attached hydrogens (tertiary/aromatic N) is 7. The first-order chi connectivity index (χ1) is 12.3. The molecule has 0 radical (unpaired) electrons. The third-order valence-electron chi connectivity index (χ3n) is 5.48. The zero-order valence-electron chi connectivity index (χ0n) is 14.2. The van der Waals surface area contributed by atoms with Gasteiger partial charge in [-0.25, -0.2) is 0 Å². The van der Waals surface area contributed by atoms with Crippen LogP contribution in [0.4, 0.5) is 0 Å². The summed E-state index contributed by atoms with van der Waals surface area (Å²) in [6.45, 7) is 4.07. The van der Waals surface area contributed by atoms with E-state index >= 15 is 0 Å². The second-order valence-electron chi connectivity index (χ2n) is 7.13. The smallest absolute Gasteiger partial charge is 0.243 e. The van der Waals surface area contributed by atoms with Crippen molar-refractivity contribution in [1.82, 2.24) is 34.9 Å². The molecule has 0 spiro atoms. The number of piperidine rings is 1. The van der Waals surface area contributed by atoms with Crippen molar-refractivity contribution in [3.63, 3.8) is 0 Å². The summed E-state index contributed by atoms with van der Waals surface area (Å²) >= 11 is 0. The fraction of sp³-hybridized carbons (Fsp3) is 0.588. The van der Waals surface area contributed by atoms with Crippen LogP contribution in [0.2, 0.25) is 0 Å². The van der Waals surface area contributed by atoms with Crippen molar-refractivity contribution < 1.29 is 4.52 Å². The van der Waals surface area contributed by atoms with E-state index in [2.05, 4.69) is 38.2 Å². The summed E-state index contributed by atoms with van der Waals surface area (Å²) in [7, 11) is 0. The lowest BCUT2D eigenvalue weighted by Crippen LogP contribution is -2.35. The van der Waals surface area contributed by atoms with E-state index in [9.17, 15) is 0 Å². The lowest BCUT2D eigenvalue weighted by Gasteiger charge is -2.33. The van der Waals surface area contributed by atoms with Crippen molar-refractivity contribution in [3.8, 4) is 0 Å². The van der Waals surface area contributed by atoms with Crippen LogP contribution in [-0.4, -0.2) is 47.9 Å². The maximum absolute atomic E-state index is 5.21. The van der Waals surface area contributed by atoms with Crippen molar-refractivity contribution >= 4 is 5.65 Å². The summed E-state index contributed by atoms with van der Waals surface area (Å²) in [5.74, 6) is 2.71. The highest BCUT2D eigenvalue weighted by atomic mass is 16.5. The van der Waals surface area contributed by atoms with Crippen LogP contribution in [0.5, 0.6) is 0 Å². The molecule has 1 saturated heterocycles. The van der Waals surface area contributed by atoms with Crippen LogP contribution in [0.3, 0.4) is 0 Å². The van der Waals surface area contributed by atoms with Crippen LogP contribution in [0, 0.1) is 0 Å². The van der Waals surface area contributed by atoms with Gasteiger partial charge >= 0.3 is 0 Å². The average molecular weight is 339 g/mol. The normalized spacial score (nSPS) is 21.0. The summed E-state index contributed by atoms with van der Waals surface area (Å²) in [5, 5.41) is 17.3. The van der Waals surface area contributed by atoms with E-state index in [-0.39, 0.29) is 6.04 Å². The molecule has 1 aliphatic heterocycles. The molecule has 130 valence electrons. The van der Waals surface area contributed by atoms with Gasteiger partial charge in [-0.1, -0.05) is 5.16 Å². The molecule has 8 heteroatoms. The topological polar surface area (TPSA) is 85.2 Å². The number of hydrogen-bond acceptors (Lipinski definition) is 7. The molecule has 4 heterocycles. The van der Waals surface area contributed by atoms with E-state index in [0.717, 1.165) is 37.4 Å². The monoisotopic (exact) mass is 339 g/mol. The van der Waals surface area contributed by atoms with Crippen LogP contribution in [0.1, 0.15) is 67.9 Å². The van der Waals surface area contributed by atoms with Crippen molar-refractivity contribution in [2.75, 3.05) is 13.1 Å². The fourth-order valence-electron chi connectivity index (χ4n) is 3.74. The number of hydrogen-bond donors (Lipinski definition) is 0. The van der Waals surface area contributed by atoms with E-state index in [0.29, 0.717) is 17.7 Å². The largest absolute Gasteiger partial charge is 0.338 e. The predicted molar refractivity (Wildman–Crippen MR) is 89.0 cm³/mol. The fourth-order valence-corrected chi connectivity index (χ4v) is 3.74. The minimum Gasteiger partial charge on any atom is -0.338 e. The Balaban J connectivity index is 1.33. The van der Waals surface area contributed by atoms with Gasteiger partial charge in [0.15, 0.2) is 17.8 Å². The SMILES string of the molecule is CC(c1ncno1)N1CCC(c2nnc3ccc(C4CC4)nn23)CC1. The Hall–Kier alpha value is -2.35. The molecule has 3 aromatic rings. The molecule has 8 nitrogen and oxygen atoms in total. The maximum Gasteiger partial charge on any atom is 0.243 e. The number of likely N-dealkylation sites (tertiary alicyclic amines) is 1. The first kappa shape index (κ1) is 14.9. The van der Waals surface area contributed by atoms with Crippen LogP contribution in [0.15, 0.2) is 23.0 Å². The van der Waals surface area contributed by atoms with Crippen molar-refractivity contribution in [2.24, 2.45) is 0 Å². The maximum atomic E-state index is 5.21. The van der Waals surface area contributed by atoms with Gasteiger partial charge in [0.2, 0.25) is 5.89 Å². The molecule has 1 saturated carbocycles. The molecule has 3 aromatic heterocycles. The van der Waals surface area contributed by atoms with E-state index in [1.165, 1.54) is 24.9 Å². The second kappa shape index (κ2) is 5.87. The van der Waals surface area contributed by atoms with Gasteiger partial charge in [0.25, 0.3) is 0 Å². The molecule has 0 bridgehead atoms. The lowest BCUT2D eigenvalue weighted by atomic mass is 9.95. The van der Waals surface area contributed by atoms with Crippen LogP contribution >= 0.6 is 0 Å². The van der Waals surface area contributed by atoms with Gasteiger partial charge in [0, 0.05) is 11.8 Å². The Bertz CT molecular complexity index is 862. The van der Waals surface area contributed by atoms with Crippen LogP contribution in [0.25, 0.3) is 5.65 Å². The molecule has 0 aromatic carbocycles. The Morgan fingerprint density at radius 1 is 1.08 bits per heavy atom. The Kier molecular flexibility index (Phi) is 3.51. The minimum absolute atomic E-state index is 0.151. The minimum atomic E-state index is 0.151. The van der Waals surface area contributed by atoms with Gasteiger partial charge in [-0.15, -0.1) is 10.2 Å². The van der Waals surface area contributed by atoms with Gasteiger partial charge in [0.1, 0.15) is 0 Å². The van der Waals surface area contributed by atoms with E-state index < -0.39 is 0 Å². The molecule has 0 amide bonds. The highest BCUT2D eigenvalue weighted by molar-refractivity contribution is 5.38. The van der Waals surface area contributed by atoms with Gasteiger partial charge < -0.3 is 4.52 Å². The van der Waals surface area contributed by atoms with E-state index in [1.54, 1.807) is 0 Å². The Morgan fingerprint density at radius 3 is 2.64 bits per heavy atom. The molecule has 1 aliphatic carbocycles. The van der Waals surface area contributed by atoms with Gasteiger partial charge in [-0.2, -0.15) is 14.6 Å². The zero-order valence-corrected chi connectivity index (χ0v) is 14.2. The zero-order chi connectivity index (χ0) is 16.8. The molecule has 0 N–H and O–H groups in total. The standard InChI is InChI=1S/C17H21N7O/c1-11(17-18-10-19-25-17)23-8-6-13(7-9-23)16-21-20-15-5-4-14(12-2-3-12)22-24(15)16/h4-5,10-13H,2-3,6-9H2,1H3. The quantitative estimate of drug-likeness (QED) is 0.721. The van der Waals surface area contributed by atoms with Crippen molar-refractivity contribution in [1.29, 1.82) is 0 Å². The first-order valence-corrected chi connectivity index (χ1v) is 9.02. The molecule has 2 fully saturated rings. The molecular formula is C17H21N7O. The van der Waals surface area contributed by atoms with E-state index in [4.69, 9.17) is 9.62 Å². The van der Waals surface area contributed by atoms with Crippen LogP contribution < -0.4 is 0 Å². The molecule has 2 aliphatic rings. The van der Waals surface area contributed by atoms with Gasteiger partial charge in [-0.3, -0.25) is 4.90 Å². The van der Waals surface area contributed by atoms with E-state index in [1.807, 2.05) is 10.6 Å². The Morgan fingerprint density at radius 2 is 1.92 bits per heavy atom. The summed E-state index contributed by atoms with van der Waals surface area (Å²) in [6, 6.07) is 4.29. The number of fused-ring (bicyclic) bond motifs is 1. The summed E-state index contributed by atoms with van der Waals surface area (Å²) in [6.07, 6.45) is 6.04. The lowest BCUT2D eigenvalue weighted by molar-refractivity contribution is 0.134. The van der Waals surface area contributed by atoms with Gasteiger partial charge in [0.05, 0.1) is 11.7 Å². The highest BCUT2D eigenvalue weighted by Gasteiger charge is 2.30. The molecular weight excluding hydrogens is 318 g/mol. The first-order valence-electron chi connectivity index (χ1n) is 9.02. The summed E-state index contributed by atoms with van der Waals surface area (Å²) < 4.78 is 7.18. The predicted octanol–water partition coefficient (Wildman–Crippen LogP) is 2.33. The third-order valence-corrected chi connectivity index (χ3v) is 5.48. The number of aromatic nitrogens is 6. The molecule has 1 atom stereocenters. The van der Waals surface area contributed by atoms with Crippen molar-refractivity contribution in [3.05, 3.63) is 35.9 Å². The molecule has 1 unspecified atom stereocenters. The average Bonchev–Trinajstić information content (AvgIpc) is 3.20. The Labute approximate surface area is 145 Å². The van der Waals surface area contributed by atoms with Crippen molar-refractivity contribution in [2.45, 2.75) is 50.5 Å². The summed E-state index contributed by atoms with van der Waals surface area (Å²) in [5.41, 5.74) is 2.03. The third kappa shape index (κ3) is 2.70. The summed E-state index contributed by atoms with van der Waals surface area (Å²) in [4.78, 5) is 6.56. The molecule has 5 rings (SSSR count). The highest BCUT2D eigenvalue weighted by Crippen LogP contribution is 2.39. The van der Waals surface area contributed by atoms with Gasteiger partial charge in [-0.05, 0) is 57.8 Å². The molecule has 25 heavy (non-hydrogen) atoms. The van der Waals surface area contributed by atoms with Crippen LogP contribution in [-0.2, 0) is 0 Å². The second-order valence-corrected chi connectivity index (χ2v) is 7.13. The number of rotatable bonds is 4.